The van der Waals surface area contributed by atoms with E-state index in [-0.39, 0.29) is 11.8 Å². The first kappa shape index (κ1) is 13.6. The lowest BCUT2D eigenvalue weighted by Crippen LogP contribution is -2.50. The van der Waals surface area contributed by atoms with Crippen LogP contribution >= 0.6 is 0 Å². The van der Waals surface area contributed by atoms with E-state index >= 15 is 0 Å². The molecule has 1 heterocycles. The molecule has 2 fully saturated rings. The number of nitrogens with one attached hydrogen (secondary N) is 1. The molecule has 1 aliphatic carbocycles. The molecule has 3 heteroatoms. The van der Waals surface area contributed by atoms with Crippen LogP contribution in [0.4, 0.5) is 0 Å². The van der Waals surface area contributed by atoms with Gasteiger partial charge in [0.1, 0.15) is 0 Å². The Bertz CT molecular complexity index is 453. The Hall–Kier alpha value is -1.35. The molecule has 3 rings (SSSR count). The highest BCUT2D eigenvalue weighted by molar-refractivity contribution is 5.78. The molecule has 1 aliphatic heterocycles. The summed E-state index contributed by atoms with van der Waals surface area (Å²) < 4.78 is 0. The van der Waals surface area contributed by atoms with E-state index < -0.39 is 0 Å². The zero-order valence-corrected chi connectivity index (χ0v) is 12.2. The molecule has 1 N–H and O–H groups in total. The summed E-state index contributed by atoms with van der Waals surface area (Å²) in [5.74, 6) is 1.14. The van der Waals surface area contributed by atoms with Gasteiger partial charge in [0, 0.05) is 19.6 Å². The minimum Gasteiger partial charge on any atom is -0.359 e. The van der Waals surface area contributed by atoms with Gasteiger partial charge in [-0.2, -0.15) is 0 Å². The maximum Gasteiger partial charge on any atom is 0.224 e. The van der Waals surface area contributed by atoms with Crippen molar-refractivity contribution in [2.24, 2.45) is 5.92 Å². The lowest BCUT2D eigenvalue weighted by molar-refractivity contribution is -0.126. The summed E-state index contributed by atoms with van der Waals surface area (Å²) in [6.45, 7) is 2.12. The Kier molecular flexibility index (Phi) is 4.06. The molecule has 1 aromatic carbocycles. The van der Waals surface area contributed by atoms with Crippen LogP contribution in [-0.2, 0) is 4.79 Å². The highest BCUT2D eigenvalue weighted by Gasteiger charge is 2.37. The van der Waals surface area contributed by atoms with Gasteiger partial charge in [-0.15, -0.1) is 0 Å². The van der Waals surface area contributed by atoms with Crippen LogP contribution in [0.1, 0.15) is 37.2 Å². The second-order valence-corrected chi connectivity index (χ2v) is 6.18. The van der Waals surface area contributed by atoms with Crippen molar-refractivity contribution in [1.82, 2.24) is 10.2 Å². The summed E-state index contributed by atoms with van der Waals surface area (Å²) in [6.07, 6.45) is 4.71. The van der Waals surface area contributed by atoms with E-state index in [2.05, 4.69) is 40.5 Å². The van der Waals surface area contributed by atoms with Gasteiger partial charge in [-0.3, -0.25) is 9.69 Å². The van der Waals surface area contributed by atoms with E-state index in [0.29, 0.717) is 6.04 Å². The molecule has 0 spiro atoms. The van der Waals surface area contributed by atoms with Crippen molar-refractivity contribution in [3.05, 3.63) is 35.9 Å². The fourth-order valence-corrected chi connectivity index (χ4v) is 3.64. The van der Waals surface area contributed by atoms with E-state index in [0.717, 1.165) is 25.3 Å². The van der Waals surface area contributed by atoms with Crippen LogP contribution in [0, 0.1) is 5.92 Å². The second kappa shape index (κ2) is 5.96. The number of hydrogen-bond donors (Lipinski definition) is 1. The van der Waals surface area contributed by atoms with E-state index in [1.54, 1.807) is 7.05 Å². The van der Waals surface area contributed by atoms with Crippen molar-refractivity contribution >= 4 is 5.91 Å². The van der Waals surface area contributed by atoms with Crippen LogP contribution in [-0.4, -0.2) is 37.0 Å². The number of amides is 1. The third-order valence-electron chi connectivity index (χ3n) is 4.97. The Morgan fingerprint density at radius 3 is 2.70 bits per heavy atom. The molecule has 108 valence electrons. The maximum absolute atomic E-state index is 11.8. The smallest absolute Gasteiger partial charge is 0.224 e. The number of carbonyl (C=O) groups excluding carboxylic acids is 1. The van der Waals surface area contributed by atoms with Crippen LogP contribution in [0.5, 0.6) is 0 Å². The molecule has 3 nitrogen and oxygen atoms in total. The molecular formula is C17H24N2O. The molecule has 1 amide bonds. The van der Waals surface area contributed by atoms with E-state index in [9.17, 15) is 4.79 Å². The van der Waals surface area contributed by atoms with E-state index in [1.165, 1.54) is 24.9 Å². The van der Waals surface area contributed by atoms with Crippen LogP contribution in [0.2, 0.25) is 0 Å². The molecule has 1 atom stereocenters. The number of piperidine rings is 1. The Balaban J connectivity index is 1.53. The van der Waals surface area contributed by atoms with E-state index in [4.69, 9.17) is 0 Å². The normalized spacial score (nSPS) is 30.6. The summed E-state index contributed by atoms with van der Waals surface area (Å²) in [4.78, 5) is 14.3. The van der Waals surface area contributed by atoms with Crippen LogP contribution in [0.25, 0.3) is 0 Å². The van der Waals surface area contributed by atoms with Crippen molar-refractivity contribution < 1.29 is 4.79 Å². The third kappa shape index (κ3) is 2.73. The Morgan fingerprint density at radius 2 is 2.00 bits per heavy atom. The van der Waals surface area contributed by atoms with Crippen molar-refractivity contribution in [3.8, 4) is 0 Å². The van der Waals surface area contributed by atoms with Gasteiger partial charge in [0.15, 0.2) is 0 Å². The molecule has 1 saturated carbocycles. The summed E-state index contributed by atoms with van der Waals surface area (Å²) in [5, 5.41) is 2.80. The Labute approximate surface area is 121 Å². The van der Waals surface area contributed by atoms with Crippen molar-refractivity contribution in [1.29, 1.82) is 0 Å². The van der Waals surface area contributed by atoms with Gasteiger partial charge < -0.3 is 5.32 Å². The van der Waals surface area contributed by atoms with Gasteiger partial charge in [-0.05, 0) is 43.7 Å². The monoisotopic (exact) mass is 272 g/mol. The first-order valence-electron chi connectivity index (χ1n) is 7.78. The number of carbonyl (C=O) groups is 1. The summed E-state index contributed by atoms with van der Waals surface area (Å²) >= 11 is 0. The predicted molar refractivity (Wildman–Crippen MR) is 80.6 cm³/mol. The zero-order valence-electron chi connectivity index (χ0n) is 12.2. The largest absolute Gasteiger partial charge is 0.359 e. The van der Waals surface area contributed by atoms with Crippen LogP contribution < -0.4 is 5.32 Å². The Morgan fingerprint density at radius 1 is 1.25 bits per heavy atom. The molecular weight excluding hydrogens is 248 g/mol. The number of benzene rings is 1. The lowest BCUT2D eigenvalue weighted by Gasteiger charge is -2.46. The minimum absolute atomic E-state index is 0.199. The summed E-state index contributed by atoms with van der Waals surface area (Å²) in [5.41, 5.74) is 1.48. The van der Waals surface area contributed by atoms with Crippen LogP contribution in [0.15, 0.2) is 30.3 Å². The minimum atomic E-state index is 0.199. The van der Waals surface area contributed by atoms with Gasteiger partial charge >= 0.3 is 0 Å². The molecule has 2 aliphatic rings. The molecule has 0 aromatic heterocycles. The van der Waals surface area contributed by atoms with E-state index in [1.807, 2.05) is 0 Å². The third-order valence-corrected chi connectivity index (χ3v) is 4.97. The van der Waals surface area contributed by atoms with Crippen molar-refractivity contribution in [3.63, 3.8) is 0 Å². The predicted octanol–water partition coefficient (Wildman–Crippen LogP) is 2.39. The standard InChI is InChI=1S/C17H24N2O/c1-18-17(20)14-8-5-9-19(12-14)16-10-15(11-16)13-6-3-2-4-7-13/h2-4,6-7,14-16H,5,8-12H2,1H3,(H,18,20). The van der Waals surface area contributed by atoms with Crippen LogP contribution in [0.3, 0.4) is 0 Å². The molecule has 0 radical (unpaired) electrons. The number of nitrogens with zero attached hydrogens (tertiary/aromatic N) is 1. The summed E-state index contributed by atoms with van der Waals surface area (Å²) in [7, 11) is 1.75. The molecule has 20 heavy (non-hydrogen) atoms. The van der Waals surface area contributed by atoms with Gasteiger partial charge in [0.2, 0.25) is 5.91 Å². The fourth-order valence-electron chi connectivity index (χ4n) is 3.64. The average molecular weight is 272 g/mol. The number of rotatable bonds is 3. The number of hydrogen-bond acceptors (Lipinski definition) is 2. The zero-order chi connectivity index (χ0) is 13.9. The van der Waals surface area contributed by atoms with Crippen molar-refractivity contribution in [2.75, 3.05) is 20.1 Å². The highest BCUT2D eigenvalue weighted by Crippen LogP contribution is 2.40. The lowest BCUT2D eigenvalue weighted by atomic mass is 9.74. The summed E-state index contributed by atoms with van der Waals surface area (Å²) in [6, 6.07) is 11.5. The molecule has 0 bridgehead atoms. The quantitative estimate of drug-likeness (QED) is 0.916. The maximum atomic E-state index is 11.8. The van der Waals surface area contributed by atoms with Crippen molar-refractivity contribution in [2.45, 2.75) is 37.6 Å². The second-order valence-electron chi connectivity index (χ2n) is 6.18. The average Bonchev–Trinajstić information content (AvgIpc) is 2.46. The number of likely N-dealkylation sites (tertiary alicyclic amines) is 1. The molecule has 1 unspecified atom stereocenters. The molecule has 1 aromatic rings. The van der Waals surface area contributed by atoms with Gasteiger partial charge in [-0.1, -0.05) is 30.3 Å². The first-order chi connectivity index (χ1) is 9.78. The van der Waals surface area contributed by atoms with Gasteiger partial charge in [-0.25, -0.2) is 0 Å². The van der Waals surface area contributed by atoms with Gasteiger partial charge in [0.25, 0.3) is 0 Å². The molecule has 1 saturated heterocycles. The SMILES string of the molecule is CNC(=O)C1CCCN(C2CC(c3ccccc3)C2)C1. The first-order valence-corrected chi connectivity index (χ1v) is 7.78. The fraction of sp³-hybridized carbons (Fsp3) is 0.588. The highest BCUT2D eigenvalue weighted by atomic mass is 16.1. The topological polar surface area (TPSA) is 32.3 Å². The van der Waals surface area contributed by atoms with Gasteiger partial charge in [0.05, 0.1) is 5.92 Å².